The lowest BCUT2D eigenvalue weighted by Gasteiger charge is -2.25. The number of nitrogens with zero attached hydrogens (tertiary/aromatic N) is 1. The molecule has 1 fully saturated rings. The van der Waals surface area contributed by atoms with Crippen LogP contribution >= 0.6 is 12.2 Å². The topological polar surface area (TPSA) is 94.2 Å². The molecule has 0 saturated carbocycles. The zero-order chi connectivity index (χ0) is 19.3. The van der Waals surface area contributed by atoms with E-state index in [1.165, 1.54) is 25.1 Å². The molecule has 0 bridgehead atoms. The highest BCUT2D eigenvalue weighted by Crippen LogP contribution is 2.29. The van der Waals surface area contributed by atoms with Crippen molar-refractivity contribution in [3.8, 4) is 11.5 Å². The summed E-state index contributed by atoms with van der Waals surface area (Å²) in [5.74, 6) is -0.888. The van der Waals surface area contributed by atoms with Crippen molar-refractivity contribution in [1.82, 2.24) is 10.2 Å². The maximum absolute atomic E-state index is 12.2. The molecule has 1 aromatic carbocycles. The van der Waals surface area contributed by atoms with Gasteiger partial charge in [0.2, 0.25) is 0 Å². The maximum Gasteiger partial charge on any atom is 0.344 e. The molecule has 1 saturated heterocycles. The summed E-state index contributed by atoms with van der Waals surface area (Å²) < 4.78 is 15.4. The summed E-state index contributed by atoms with van der Waals surface area (Å²) in [4.78, 5) is 36.8. The third-order valence-corrected chi connectivity index (χ3v) is 3.83. The average molecular weight is 378 g/mol. The molecule has 1 aliphatic rings. The molecule has 0 spiro atoms. The summed E-state index contributed by atoms with van der Waals surface area (Å²) in [5, 5.41) is 2.49. The highest BCUT2D eigenvalue weighted by molar-refractivity contribution is 7.80. The van der Waals surface area contributed by atoms with Gasteiger partial charge in [-0.3, -0.25) is 19.8 Å². The molecule has 9 heteroatoms. The molecule has 1 aliphatic heterocycles. The van der Waals surface area contributed by atoms with E-state index in [1.807, 2.05) is 0 Å². The second-order valence-electron chi connectivity index (χ2n) is 5.19. The molecule has 0 aliphatic carbocycles. The van der Waals surface area contributed by atoms with Crippen LogP contribution in [-0.4, -0.2) is 55.2 Å². The predicted octanol–water partition coefficient (Wildman–Crippen LogP) is 0.894. The van der Waals surface area contributed by atoms with E-state index in [2.05, 4.69) is 5.32 Å². The van der Waals surface area contributed by atoms with Gasteiger partial charge in [0.25, 0.3) is 11.8 Å². The summed E-state index contributed by atoms with van der Waals surface area (Å²) in [6.07, 6.45) is 1.42. The summed E-state index contributed by atoms with van der Waals surface area (Å²) >= 11 is 4.90. The molecule has 0 atom stereocenters. The third kappa shape index (κ3) is 4.37. The van der Waals surface area contributed by atoms with Gasteiger partial charge in [-0.25, -0.2) is 4.79 Å². The number of likely N-dealkylation sites (N-methyl/N-ethyl adjacent to an activating group) is 1. The number of carbonyl (C=O) groups is 3. The van der Waals surface area contributed by atoms with E-state index >= 15 is 0 Å². The van der Waals surface area contributed by atoms with Crippen LogP contribution in [0.25, 0.3) is 6.08 Å². The molecule has 0 aromatic heterocycles. The molecule has 1 heterocycles. The Morgan fingerprint density at radius 1 is 1.31 bits per heavy atom. The first-order valence-corrected chi connectivity index (χ1v) is 8.09. The molecule has 1 N–H and O–H groups in total. The Morgan fingerprint density at radius 3 is 2.69 bits per heavy atom. The summed E-state index contributed by atoms with van der Waals surface area (Å²) in [6.45, 7) is 1.71. The number of rotatable bonds is 6. The van der Waals surface area contributed by atoms with Gasteiger partial charge in [0.15, 0.2) is 23.2 Å². The number of thiocarbonyl (C=S) groups is 1. The molecule has 2 amide bonds. The van der Waals surface area contributed by atoms with E-state index in [0.29, 0.717) is 17.1 Å². The van der Waals surface area contributed by atoms with Crippen molar-refractivity contribution >= 4 is 41.2 Å². The molecule has 8 nitrogen and oxygen atoms in total. The van der Waals surface area contributed by atoms with Gasteiger partial charge in [0, 0.05) is 7.05 Å². The summed E-state index contributed by atoms with van der Waals surface area (Å²) in [5.41, 5.74) is 0.494. The van der Waals surface area contributed by atoms with Crippen molar-refractivity contribution in [2.24, 2.45) is 0 Å². The Kier molecular flexibility index (Phi) is 6.29. The largest absolute Gasteiger partial charge is 0.493 e. The minimum Gasteiger partial charge on any atom is -0.493 e. The summed E-state index contributed by atoms with van der Waals surface area (Å²) in [7, 11) is 2.92. The number of hydrogen-bond donors (Lipinski definition) is 1. The molecule has 138 valence electrons. The Labute approximate surface area is 155 Å². The highest BCUT2D eigenvalue weighted by Gasteiger charge is 2.30. The second-order valence-corrected chi connectivity index (χ2v) is 5.57. The molecule has 26 heavy (non-hydrogen) atoms. The van der Waals surface area contributed by atoms with E-state index in [1.54, 1.807) is 25.1 Å². The van der Waals surface area contributed by atoms with Crippen molar-refractivity contribution in [1.29, 1.82) is 0 Å². The lowest BCUT2D eigenvalue weighted by Crippen LogP contribution is -2.52. The quantitative estimate of drug-likeness (QED) is 0.340. The first-order valence-electron chi connectivity index (χ1n) is 7.68. The monoisotopic (exact) mass is 378 g/mol. The number of ether oxygens (including phenoxy) is 3. The second kappa shape index (κ2) is 8.43. The van der Waals surface area contributed by atoms with Crippen LogP contribution in [0.5, 0.6) is 11.5 Å². The van der Waals surface area contributed by atoms with Gasteiger partial charge in [-0.05, 0) is 42.9 Å². The van der Waals surface area contributed by atoms with E-state index in [0.717, 1.165) is 0 Å². The van der Waals surface area contributed by atoms with Gasteiger partial charge in [0.1, 0.15) is 5.57 Å². The molecular formula is C17H18N2O6S. The van der Waals surface area contributed by atoms with Crippen LogP contribution in [0.1, 0.15) is 12.5 Å². The molecular weight excluding hydrogens is 360 g/mol. The Morgan fingerprint density at radius 2 is 2.04 bits per heavy atom. The lowest BCUT2D eigenvalue weighted by molar-refractivity contribution is -0.145. The number of nitrogens with one attached hydrogen (secondary N) is 1. The third-order valence-electron chi connectivity index (χ3n) is 3.45. The number of esters is 1. The SMILES string of the molecule is CCOC(=O)COc1ccc(/C=C2\C(=O)NC(=S)N(C)C2=O)cc1OC. The minimum atomic E-state index is -0.570. The normalized spacial score (nSPS) is 15.7. The van der Waals surface area contributed by atoms with Crippen LogP contribution < -0.4 is 14.8 Å². The van der Waals surface area contributed by atoms with Crippen LogP contribution in [0.4, 0.5) is 0 Å². The zero-order valence-corrected chi connectivity index (χ0v) is 15.3. The van der Waals surface area contributed by atoms with Gasteiger partial charge in [-0.2, -0.15) is 0 Å². The molecule has 0 unspecified atom stereocenters. The summed E-state index contributed by atoms with van der Waals surface area (Å²) in [6, 6.07) is 4.79. The van der Waals surface area contributed by atoms with Crippen LogP contribution in [0, 0.1) is 0 Å². The van der Waals surface area contributed by atoms with Crippen molar-refractivity contribution < 1.29 is 28.6 Å². The fraction of sp³-hybridized carbons (Fsp3) is 0.294. The van der Waals surface area contributed by atoms with E-state index in [-0.39, 0.29) is 23.9 Å². The Balaban J connectivity index is 2.23. The molecule has 2 rings (SSSR count). The van der Waals surface area contributed by atoms with Gasteiger partial charge in [-0.15, -0.1) is 0 Å². The maximum atomic E-state index is 12.2. The number of carbonyl (C=O) groups excluding carboxylic acids is 3. The van der Waals surface area contributed by atoms with Crippen LogP contribution in [0.2, 0.25) is 0 Å². The average Bonchev–Trinajstić information content (AvgIpc) is 2.62. The van der Waals surface area contributed by atoms with Crippen molar-refractivity contribution in [2.75, 3.05) is 27.4 Å². The number of methoxy groups -OCH3 is 1. The zero-order valence-electron chi connectivity index (χ0n) is 14.5. The van der Waals surface area contributed by atoms with Gasteiger partial charge < -0.3 is 14.2 Å². The number of hydrogen-bond acceptors (Lipinski definition) is 7. The lowest BCUT2D eigenvalue weighted by atomic mass is 10.1. The van der Waals surface area contributed by atoms with Crippen LogP contribution in [0.3, 0.4) is 0 Å². The Bertz CT molecular complexity index is 789. The van der Waals surface area contributed by atoms with Crippen LogP contribution in [0.15, 0.2) is 23.8 Å². The fourth-order valence-electron chi connectivity index (χ4n) is 2.14. The smallest absolute Gasteiger partial charge is 0.344 e. The van der Waals surface area contributed by atoms with Gasteiger partial charge >= 0.3 is 5.97 Å². The van der Waals surface area contributed by atoms with Crippen molar-refractivity contribution in [3.05, 3.63) is 29.3 Å². The molecule has 1 aromatic rings. The first kappa shape index (κ1) is 19.4. The highest BCUT2D eigenvalue weighted by atomic mass is 32.1. The van der Waals surface area contributed by atoms with Gasteiger partial charge in [-0.1, -0.05) is 6.07 Å². The van der Waals surface area contributed by atoms with E-state index in [4.69, 9.17) is 26.4 Å². The van der Waals surface area contributed by atoms with Gasteiger partial charge in [0.05, 0.1) is 13.7 Å². The minimum absolute atomic E-state index is 0.0525. The standard InChI is InChI=1S/C17H18N2O6S/c1-4-24-14(20)9-25-12-6-5-10(8-13(12)23-3)7-11-15(21)18-17(26)19(2)16(11)22/h5-8H,4,9H2,1-3H3,(H,18,21,26)/b11-7+. The van der Waals surface area contributed by atoms with Crippen molar-refractivity contribution in [3.63, 3.8) is 0 Å². The predicted molar refractivity (Wildman–Crippen MR) is 96.6 cm³/mol. The van der Waals surface area contributed by atoms with E-state index in [9.17, 15) is 14.4 Å². The fourth-order valence-corrected chi connectivity index (χ4v) is 2.32. The number of amides is 2. The van der Waals surface area contributed by atoms with Crippen molar-refractivity contribution in [2.45, 2.75) is 6.92 Å². The Hall–Kier alpha value is -2.94. The number of benzene rings is 1. The molecule has 0 radical (unpaired) electrons. The van der Waals surface area contributed by atoms with E-state index < -0.39 is 17.8 Å². The van der Waals surface area contributed by atoms with Crippen LogP contribution in [-0.2, 0) is 19.1 Å². The first-order chi connectivity index (χ1) is 12.4.